The Morgan fingerprint density at radius 3 is 2.53 bits per heavy atom. The molecule has 0 atom stereocenters. The molecule has 0 unspecified atom stereocenters. The molecule has 7 heteroatoms. The highest BCUT2D eigenvalue weighted by Crippen LogP contribution is 2.31. The third kappa shape index (κ3) is 5.06. The molecule has 0 spiro atoms. The van der Waals surface area contributed by atoms with E-state index >= 15 is 0 Å². The van der Waals surface area contributed by atoms with E-state index in [1.54, 1.807) is 18.3 Å². The number of fused-ring (bicyclic) bond motifs is 1. The number of guanidine groups is 1. The van der Waals surface area contributed by atoms with Crippen LogP contribution in [0.4, 0.5) is 11.4 Å². The van der Waals surface area contributed by atoms with Gasteiger partial charge in [0.2, 0.25) is 5.96 Å². The summed E-state index contributed by atoms with van der Waals surface area (Å²) >= 11 is 3.40. The number of aromatic nitrogens is 2. The van der Waals surface area contributed by atoms with Gasteiger partial charge in [0.1, 0.15) is 0 Å². The number of anilines is 1. The number of amides is 1. The maximum absolute atomic E-state index is 12.9. The molecule has 3 N–H and O–H groups in total. The Bertz CT molecular complexity index is 1290. The van der Waals surface area contributed by atoms with Crippen molar-refractivity contribution in [2.75, 3.05) is 5.32 Å². The molecule has 0 saturated heterocycles. The largest absolute Gasteiger partial charge is 0.326 e. The van der Waals surface area contributed by atoms with Crippen molar-refractivity contribution < 1.29 is 4.79 Å². The maximum Gasteiger partial charge on any atom is 0.257 e. The van der Waals surface area contributed by atoms with Crippen molar-refractivity contribution in [3.8, 4) is 0 Å². The number of carbonyl (C=O) groups is 1. The van der Waals surface area contributed by atoms with Gasteiger partial charge >= 0.3 is 0 Å². The van der Waals surface area contributed by atoms with Crippen LogP contribution in [0.3, 0.4) is 0 Å². The van der Waals surface area contributed by atoms with Crippen LogP contribution >= 0.6 is 15.9 Å². The summed E-state index contributed by atoms with van der Waals surface area (Å²) in [5.41, 5.74) is 4.05. The summed E-state index contributed by atoms with van der Waals surface area (Å²) in [6.45, 7) is 6.42. The quantitative estimate of drug-likeness (QED) is 0.238. The van der Waals surface area contributed by atoms with Crippen molar-refractivity contribution in [1.82, 2.24) is 15.5 Å². The van der Waals surface area contributed by atoms with Crippen molar-refractivity contribution >= 4 is 50.1 Å². The van der Waals surface area contributed by atoms with Crippen molar-refractivity contribution in [2.45, 2.75) is 26.2 Å². The Morgan fingerprint density at radius 2 is 1.78 bits per heavy atom. The predicted molar refractivity (Wildman–Crippen MR) is 134 cm³/mol. The Morgan fingerprint density at radius 1 is 1.03 bits per heavy atom. The lowest BCUT2D eigenvalue weighted by Gasteiger charge is -2.21. The van der Waals surface area contributed by atoms with E-state index in [9.17, 15) is 4.79 Å². The molecule has 1 aromatic heterocycles. The molecule has 32 heavy (non-hydrogen) atoms. The molecule has 1 amide bonds. The topological polar surface area (TPSA) is 82.2 Å². The van der Waals surface area contributed by atoms with Gasteiger partial charge in [-0.2, -0.15) is 5.10 Å². The zero-order chi connectivity index (χ0) is 22.7. The van der Waals surface area contributed by atoms with Crippen LogP contribution in [-0.4, -0.2) is 22.1 Å². The highest BCUT2D eigenvalue weighted by atomic mass is 79.9. The fraction of sp³-hybridized carbons (Fsp3) is 0.160. The second-order valence-corrected chi connectivity index (χ2v) is 9.40. The van der Waals surface area contributed by atoms with E-state index in [1.165, 1.54) is 0 Å². The summed E-state index contributed by atoms with van der Waals surface area (Å²) in [6.07, 6.45) is 1.76. The summed E-state index contributed by atoms with van der Waals surface area (Å²) in [4.78, 5) is 17.7. The van der Waals surface area contributed by atoms with Crippen LogP contribution in [0, 0.1) is 0 Å². The Hall–Kier alpha value is -3.45. The molecule has 6 nitrogen and oxygen atoms in total. The van der Waals surface area contributed by atoms with E-state index in [2.05, 4.69) is 63.6 Å². The summed E-state index contributed by atoms with van der Waals surface area (Å²) in [5.74, 6) is 0.0962. The van der Waals surface area contributed by atoms with Crippen molar-refractivity contribution in [3.63, 3.8) is 0 Å². The zero-order valence-electron chi connectivity index (χ0n) is 18.1. The number of carbonyl (C=O) groups excluding carboxylic acids is 1. The molecule has 0 radical (unpaired) electrons. The number of hydrogen-bond donors (Lipinski definition) is 3. The van der Waals surface area contributed by atoms with Crippen LogP contribution in [0.2, 0.25) is 0 Å². The van der Waals surface area contributed by atoms with Gasteiger partial charge in [-0.3, -0.25) is 15.2 Å². The van der Waals surface area contributed by atoms with E-state index < -0.39 is 0 Å². The number of H-pyrrole nitrogens is 1. The molecule has 162 valence electrons. The van der Waals surface area contributed by atoms with Gasteiger partial charge in [-0.15, -0.1) is 0 Å². The van der Waals surface area contributed by atoms with Crippen LogP contribution in [0.5, 0.6) is 0 Å². The summed E-state index contributed by atoms with van der Waals surface area (Å²) in [5, 5.41) is 14.2. The van der Waals surface area contributed by atoms with E-state index in [0.717, 1.165) is 32.3 Å². The number of nitrogens with one attached hydrogen (secondary N) is 3. The van der Waals surface area contributed by atoms with Crippen LogP contribution in [0.1, 0.15) is 36.7 Å². The zero-order valence-corrected chi connectivity index (χ0v) is 19.7. The first-order valence-corrected chi connectivity index (χ1v) is 11.0. The second-order valence-electron chi connectivity index (χ2n) is 8.49. The normalized spacial score (nSPS) is 12.1. The summed E-state index contributed by atoms with van der Waals surface area (Å²) < 4.78 is 0.911. The molecule has 4 rings (SSSR count). The number of aliphatic imine (C=N–C) groups is 1. The molecular weight excluding hydrogens is 466 g/mol. The molecule has 1 heterocycles. The van der Waals surface area contributed by atoms with Gasteiger partial charge < -0.3 is 5.32 Å². The minimum absolute atomic E-state index is 0.101. The average molecular weight is 490 g/mol. The van der Waals surface area contributed by atoms with Crippen LogP contribution in [0.25, 0.3) is 10.9 Å². The van der Waals surface area contributed by atoms with Gasteiger partial charge in [-0.05, 0) is 59.5 Å². The van der Waals surface area contributed by atoms with Gasteiger partial charge in [-0.25, -0.2) is 4.99 Å². The third-order valence-electron chi connectivity index (χ3n) is 4.99. The number of halogens is 1. The van der Waals surface area contributed by atoms with E-state index in [0.29, 0.717) is 11.5 Å². The average Bonchev–Trinajstić information content (AvgIpc) is 3.21. The summed E-state index contributed by atoms with van der Waals surface area (Å²) in [7, 11) is 0. The minimum atomic E-state index is -0.249. The fourth-order valence-electron chi connectivity index (χ4n) is 3.35. The van der Waals surface area contributed by atoms with Crippen LogP contribution in [0.15, 0.2) is 82.4 Å². The lowest BCUT2D eigenvalue weighted by atomic mass is 9.86. The van der Waals surface area contributed by atoms with E-state index in [4.69, 9.17) is 4.99 Å². The molecule has 0 saturated carbocycles. The van der Waals surface area contributed by atoms with Gasteiger partial charge in [0.15, 0.2) is 0 Å². The molecule has 0 aliphatic carbocycles. The molecule has 0 bridgehead atoms. The lowest BCUT2D eigenvalue weighted by Crippen LogP contribution is -2.36. The molecule has 4 aromatic rings. The smallest absolute Gasteiger partial charge is 0.257 e. The highest BCUT2D eigenvalue weighted by Gasteiger charge is 2.18. The number of hydrogen-bond acceptors (Lipinski definition) is 3. The minimum Gasteiger partial charge on any atom is -0.326 e. The van der Waals surface area contributed by atoms with Gasteiger partial charge in [-0.1, -0.05) is 54.9 Å². The predicted octanol–water partition coefficient (Wildman–Crippen LogP) is 6.15. The molecule has 0 aliphatic heterocycles. The van der Waals surface area contributed by atoms with Crippen molar-refractivity contribution in [3.05, 3.63) is 88.5 Å². The van der Waals surface area contributed by atoms with Gasteiger partial charge in [0, 0.05) is 21.1 Å². The first kappa shape index (κ1) is 21.8. The lowest BCUT2D eigenvalue weighted by molar-refractivity contribution is 0.0977. The number of benzene rings is 3. The molecular formula is C25H24BrN5O. The molecule has 3 aromatic carbocycles. The van der Waals surface area contributed by atoms with Crippen LogP contribution < -0.4 is 10.6 Å². The Kier molecular flexibility index (Phi) is 6.10. The standard InChI is InChI=1S/C25H24BrN5O/c1-25(2,3)20-6-4-5-7-22(20)29-24(30-23(32)16-8-10-18(26)11-9-16)28-19-12-13-21-17(14-19)15-27-31-21/h4-15H,1-3H3,(H,27,31)(H2,28,29,30,32). The first-order chi connectivity index (χ1) is 15.3. The monoisotopic (exact) mass is 489 g/mol. The maximum atomic E-state index is 12.9. The Balaban J connectivity index is 1.71. The third-order valence-corrected chi connectivity index (χ3v) is 5.51. The summed E-state index contributed by atoms with van der Waals surface area (Å²) in [6, 6.07) is 20.9. The number of rotatable bonds is 3. The Labute approximate surface area is 195 Å². The molecule has 0 fully saturated rings. The SMILES string of the molecule is CC(C)(C)c1ccccc1N=C(NC(=O)c1ccc(Br)cc1)Nc1ccc2[nH]ncc2c1. The van der Waals surface area contributed by atoms with E-state index in [-0.39, 0.29) is 11.3 Å². The second kappa shape index (κ2) is 8.96. The van der Waals surface area contributed by atoms with Crippen LogP contribution in [-0.2, 0) is 5.41 Å². The highest BCUT2D eigenvalue weighted by molar-refractivity contribution is 9.10. The van der Waals surface area contributed by atoms with Gasteiger partial charge in [0.05, 0.1) is 17.4 Å². The fourth-order valence-corrected chi connectivity index (χ4v) is 3.62. The number of para-hydroxylation sites is 1. The number of aromatic amines is 1. The van der Waals surface area contributed by atoms with E-state index in [1.807, 2.05) is 48.5 Å². The molecule has 0 aliphatic rings. The first-order valence-electron chi connectivity index (χ1n) is 10.2. The number of nitrogens with zero attached hydrogens (tertiary/aromatic N) is 2. The van der Waals surface area contributed by atoms with Crippen molar-refractivity contribution in [2.24, 2.45) is 4.99 Å². The van der Waals surface area contributed by atoms with Gasteiger partial charge in [0.25, 0.3) is 5.91 Å². The van der Waals surface area contributed by atoms with Crippen molar-refractivity contribution in [1.29, 1.82) is 0 Å².